The summed E-state index contributed by atoms with van der Waals surface area (Å²) in [6, 6.07) is 14.5. The molecule has 4 N–H and O–H groups in total. The molecule has 6 nitrogen and oxygen atoms in total. The zero-order valence-corrected chi connectivity index (χ0v) is 16.8. The van der Waals surface area contributed by atoms with Gasteiger partial charge in [-0.15, -0.1) is 0 Å². The molecule has 0 bridgehead atoms. The van der Waals surface area contributed by atoms with Crippen LogP contribution in [0.4, 0.5) is 0 Å². The van der Waals surface area contributed by atoms with Crippen LogP contribution in [0.25, 0.3) is 0 Å². The number of hydrogen-bond donors (Lipinski definition) is 3. The summed E-state index contributed by atoms with van der Waals surface area (Å²) in [5.41, 5.74) is 9.07. The lowest BCUT2D eigenvalue weighted by Gasteiger charge is -2.33. The summed E-state index contributed by atoms with van der Waals surface area (Å²) >= 11 is 0. The molecule has 3 rings (SSSR count). The Kier molecular flexibility index (Phi) is 6.88. The number of nitrogens with two attached hydrogens (primary N) is 1. The van der Waals surface area contributed by atoms with Gasteiger partial charge in [0.25, 0.3) is 0 Å². The fourth-order valence-corrected chi connectivity index (χ4v) is 3.92. The molecule has 0 saturated carbocycles. The van der Waals surface area contributed by atoms with E-state index >= 15 is 0 Å². The monoisotopic (exact) mass is 395 g/mol. The Labute approximate surface area is 171 Å². The van der Waals surface area contributed by atoms with Crippen molar-refractivity contribution >= 4 is 11.8 Å². The van der Waals surface area contributed by atoms with Crippen LogP contribution in [0, 0.1) is 0 Å². The number of rotatable bonds is 8. The number of carbonyl (C=O) groups is 2. The van der Waals surface area contributed by atoms with Crippen molar-refractivity contribution in [2.45, 2.75) is 51.2 Å². The third kappa shape index (κ3) is 5.15. The summed E-state index contributed by atoms with van der Waals surface area (Å²) < 4.78 is 0. The summed E-state index contributed by atoms with van der Waals surface area (Å²) in [7, 11) is 0. The second-order valence-electron chi connectivity index (χ2n) is 7.52. The van der Waals surface area contributed by atoms with Gasteiger partial charge in [-0.05, 0) is 54.6 Å². The summed E-state index contributed by atoms with van der Waals surface area (Å²) in [6.07, 6.45) is 2.26. The SMILES string of the molecule is CCC(=O)NC(CCN)C(=O)N(Cc1cccc(O)c1)C1Cc2ccccc2C1. The van der Waals surface area contributed by atoms with Crippen LogP contribution in [0.15, 0.2) is 48.5 Å². The Balaban J connectivity index is 1.87. The van der Waals surface area contributed by atoms with E-state index in [1.165, 1.54) is 11.1 Å². The standard InChI is InChI=1S/C23H29N3O3/c1-2-22(28)25-21(10-11-24)23(29)26(15-16-6-5-9-20(27)12-16)19-13-17-7-3-4-8-18(17)14-19/h3-9,12,19,21,27H,2,10-11,13-15,24H2,1H3,(H,25,28). The average Bonchev–Trinajstić information content (AvgIpc) is 3.15. The van der Waals surface area contributed by atoms with E-state index in [1.54, 1.807) is 25.1 Å². The molecule has 0 heterocycles. The van der Waals surface area contributed by atoms with Crippen molar-refractivity contribution in [3.63, 3.8) is 0 Å². The molecule has 1 atom stereocenters. The van der Waals surface area contributed by atoms with Crippen molar-refractivity contribution in [3.05, 3.63) is 65.2 Å². The molecule has 0 radical (unpaired) electrons. The normalized spacial score (nSPS) is 14.3. The van der Waals surface area contributed by atoms with Crippen LogP contribution in [0.3, 0.4) is 0 Å². The second kappa shape index (κ2) is 9.56. The highest BCUT2D eigenvalue weighted by atomic mass is 16.3. The van der Waals surface area contributed by atoms with Crippen LogP contribution in [0.1, 0.15) is 36.5 Å². The Hall–Kier alpha value is -2.86. The van der Waals surface area contributed by atoms with Gasteiger partial charge in [0.2, 0.25) is 11.8 Å². The van der Waals surface area contributed by atoms with Crippen molar-refractivity contribution in [3.8, 4) is 5.75 Å². The number of nitrogens with one attached hydrogen (secondary N) is 1. The first-order valence-corrected chi connectivity index (χ1v) is 10.2. The number of fused-ring (bicyclic) bond motifs is 1. The van der Waals surface area contributed by atoms with Gasteiger partial charge in [0.1, 0.15) is 11.8 Å². The lowest BCUT2D eigenvalue weighted by molar-refractivity contribution is -0.139. The van der Waals surface area contributed by atoms with E-state index in [4.69, 9.17) is 5.73 Å². The van der Waals surface area contributed by atoms with Crippen LogP contribution < -0.4 is 11.1 Å². The Morgan fingerprint density at radius 1 is 1.17 bits per heavy atom. The van der Waals surface area contributed by atoms with Crippen molar-refractivity contribution < 1.29 is 14.7 Å². The van der Waals surface area contributed by atoms with Gasteiger partial charge in [-0.2, -0.15) is 0 Å². The zero-order chi connectivity index (χ0) is 20.8. The van der Waals surface area contributed by atoms with E-state index in [2.05, 4.69) is 17.4 Å². The molecule has 1 unspecified atom stereocenters. The number of nitrogens with zero attached hydrogens (tertiary/aromatic N) is 1. The van der Waals surface area contributed by atoms with Crippen LogP contribution >= 0.6 is 0 Å². The molecule has 0 aromatic heterocycles. The van der Waals surface area contributed by atoms with Gasteiger partial charge in [-0.3, -0.25) is 9.59 Å². The lowest BCUT2D eigenvalue weighted by atomic mass is 10.1. The number of phenolic OH excluding ortho intramolecular Hbond substituents is 1. The fourth-order valence-electron chi connectivity index (χ4n) is 3.92. The topological polar surface area (TPSA) is 95.7 Å². The number of amides is 2. The maximum Gasteiger partial charge on any atom is 0.245 e. The second-order valence-corrected chi connectivity index (χ2v) is 7.52. The molecule has 0 saturated heterocycles. The lowest BCUT2D eigenvalue weighted by Crippen LogP contribution is -2.52. The van der Waals surface area contributed by atoms with Crippen molar-refractivity contribution in [1.29, 1.82) is 0 Å². The molecular formula is C23H29N3O3. The van der Waals surface area contributed by atoms with Crippen LogP contribution in [0.5, 0.6) is 5.75 Å². The Morgan fingerprint density at radius 2 is 1.86 bits per heavy atom. The Morgan fingerprint density at radius 3 is 2.45 bits per heavy atom. The van der Waals surface area contributed by atoms with Crippen molar-refractivity contribution in [1.82, 2.24) is 10.2 Å². The summed E-state index contributed by atoms with van der Waals surface area (Å²) in [5, 5.41) is 12.7. The first kappa shape index (κ1) is 20.9. The minimum atomic E-state index is -0.645. The number of benzene rings is 2. The molecule has 0 aliphatic heterocycles. The first-order chi connectivity index (χ1) is 14.0. The summed E-state index contributed by atoms with van der Waals surface area (Å²) in [4.78, 5) is 27.3. The van der Waals surface area contributed by atoms with Gasteiger partial charge in [-0.1, -0.05) is 43.3 Å². The highest BCUT2D eigenvalue weighted by Crippen LogP contribution is 2.27. The minimum Gasteiger partial charge on any atom is -0.508 e. The predicted octanol–water partition coefficient (Wildman–Crippen LogP) is 2.13. The van der Waals surface area contributed by atoms with Gasteiger partial charge in [0.05, 0.1) is 0 Å². The van der Waals surface area contributed by atoms with Crippen molar-refractivity contribution in [2.24, 2.45) is 5.73 Å². The quantitative estimate of drug-likeness (QED) is 0.638. The van der Waals surface area contributed by atoms with E-state index in [-0.39, 0.29) is 23.6 Å². The molecule has 0 fully saturated rings. The molecule has 0 spiro atoms. The van der Waals surface area contributed by atoms with Gasteiger partial charge in [0.15, 0.2) is 0 Å². The molecule has 6 heteroatoms. The zero-order valence-electron chi connectivity index (χ0n) is 16.8. The minimum absolute atomic E-state index is 0.000974. The van der Waals surface area contributed by atoms with E-state index in [1.807, 2.05) is 23.1 Å². The average molecular weight is 396 g/mol. The molecule has 154 valence electrons. The third-order valence-corrected chi connectivity index (χ3v) is 5.43. The van der Waals surface area contributed by atoms with Gasteiger partial charge in [0, 0.05) is 19.0 Å². The molecule has 2 aromatic rings. The first-order valence-electron chi connectivity index (χ1n) is 10.2. The van der Waals surface area contributed by atoms with E-state index < -0.39 is 6.04 Å². The number of carbonyl (C=O) groups excluding carboxylic acids is 2. The number of aromatic hydroxyl groups is 1. The maximum atomic E-state index is 13.5. The van der Waals surface area contributed by atoms with E-state index in [0.29, 0.717) is 25.9 Å². The highest BCUT2D eigenvalue weighted by Gasteiger charge is 2.33. The smallest absolute Gasteiger partial charge is 0.245 e. The molecule has 29 heavy (non-hydrogen) atoms. The van der Waals surface area contributed by atoms with Gasteiger partial charge >= 0.3 is 0 Å². The van der Waals surface area contributed by atoms with E-state index in [9.17, 15) is 14.7 Å². The molecule has 2 aromatic carbocycles. The molecular weight excluding hydrogens is 366 g/mol. The van der Waals surface area contributed by atoms with Gasteiger partial charge in [-0.25, -0.2) is 0 Å². The van der Waals surface area contributed by atoms with Gasteiger partial charge < -0.3 is 21.1 Å². The number of phenols is 1. The van der Waals surface area contributed by atoms with Crippen LogP contribution in [0.2, 0.25) is 0 Å². The largest absolute Gasteiger partial charge is 0.508 e. The molecule has 1 aliphatic rings. The number of hydrogen-bond acceptors (Lipinski definition) is 4. The highest BCUT2D eigenvalue weighted by molar-refractivity contribution is 5.88. The van der Waals surface area contributed by atoms with Crippen molar-refractivity contribution in [2.75, 3.05) is 6.54 Å². The van der Waals surface area contributed by atoms with E-state index in [0.717, 1.165) is 18.4 Å². The van der Waals surface area contributed by atoms with Crippen LogP contribution in [-0.2, 0) is 29.0 Å². The predicted molar refractivity (Wildman–Crippen MR) is 112 cm³/mol. The fraction of sp³-hybridized carbons (Fsp3) is 0.391. The summed E-state index contributed by atoms with van der Waals surface area (Å²) in [5.74, 6) is -0.121. The molecule has 2 amide bonds. The van der Waals surface area contributed by atoms with Crippen LogP contribution in [-0.4, -0.2) is 40.4 Å². The Bertz CT molecular complexity index is 843. The maximum absolute atomic E-state index is 13.5. The molecule has 1 aliphatic carbocycles. The third-order valence-electron chi connectivity index (χ3n) is 5.43. The summed E-state index contributed by atoms with van der Waals surface area (Å²) in [6.45, 7) is 2.44.